The quantitative estimate of drug-likeness (QED) is 0.783. The third kappa shape index (κ3) is 3.48. The lowest BCUT2D eigenvalue weighted by Crippen LogP contribution is -2.33. The summed E-state index contributed by atoms with van der Waals surface area (Å²) in [7, 11) is 0. The van der Waals surface area contributed by atoms with Crippen LogP contribution in [0, 0.1) is 0 Å². The predicted molar refractivity (Wildman–Crippen MR) is 91.5 cm³/mol. The Morgan fingerprint density at radius 2 is 2.13 bits per heavy atom. The van der Waals surface area contributed by atoms with Crippen LogP contribution in [0.5, 0.6) is 0 Å². The Hall–Kier alpha value is -2.47. The number of nitrogens with one attached hydrogen (secondary N) is 1. The molecule has 0 aliphatic heterocycles. The number of carbonyl (C=O) groups is 1. The molecule has 6 heteroatoms. The third-order valence-electron chi connectivity index (χ3n) is 3.67. The number of hydrogen-bond donors (Lipinski definition) is 1. The maximum Gasteiger partial charge on any atom is 0.258 e. The van der Waals surface area contributed by atoms with Crippen LogP contribution in [0.15, 0.2) is 45.9 Å². The van der Waals surface area contributed by atoms with Gasteiger partial charge in [-0.1, -0.05) is 12.1 Å². The van der Waals surface area contributed by atoms with Crippen LogP contribution in [0.1, 0.15) is 18.3 Å². The molecule has 23 heavy (non-hydrogen) atoms. The monoisotopic (exact) mass is 327 g/mol. The molecule has 3 aromatic rings. The molecular formula is C17H17N3O2S. The van der Waals surface area contributed by atoms with Crippen LogP contribution in [0.4, 0.5) is 0 Å². The average Bonchev–Trinajstić information content (AvgIpc) is 3.05. The minimum absolute atomic E-state index is 0.0294. The molecule has 5 nitrogen and oxygen atoms in total. The minimum Gasteiger partial charge on any atom is -0.335 e. The second-order valence-corrected chi connectivity index (χ2v) is 6.03. The van der Waals surface area contributed by atoms with Crippen molar-refractivity contribution in [3.05, 3.63) is 62.8 Å². The van der Waals surface area contributed by atoms with E-state index in [0.717, 1.165) is 5.56 Å². The molecule has 0 unspecified atom stereocenters. The molecule has 0 aliphatic rings. The summed E-state index contributed by atoms with van der Waals surface area (Å²) in [6, 6.07) is 9.15. The van der Waals surface area contributed by atoms with Crippen molar-refractivity contribution in [1.29, 1.82) is 0 Å². The number of thiophene rings is 1. The second kappa shape index (κ2) is 6.75. The molecule has 0 spiro atoms. The third-order valence-corrected chi connectivity index (χ3v) is 4.40. The number of aromatic amines is 1. The molecule has 2 heterocycles. The average molecular weight is 327 g/mol. The smallest absolute Gasteiger partial charge is 0.258 e. The van der Waals surface area contributed by atoms with Gasteiger partial charge >= 0.3 is 0 Å². The number of amides is 1. The van der Waals surface area contributed by atoms with E-state index in [0.29, 0.717) is 36.2 Å². The first-order valence-corrected chi connectivity index (χ1v) is 8.38. The van der Waals surface area contributed by atoms with Crippen LogP contribution in [-0.4, -0.2) is 27.3 Å². The van der Waals surface area contributed by atoms with Crippen LogP contribution in [0.2, 0.25) is 0 Å². The lowest BCUT2D eigenvalue weighted by atomic mass is 10.2. The summed E-state index contributed by atoms with van der Waals surface area (Å²) in [5.74, 6) is 0.538. The highest BCUT2D eigenvalue weighted by Gasteiger charge is 2.15. The van der Waals surface area contributed by atoms with Gasteiger partial charge in [0.25, 0.3) is 5.56 Å². The summed E-state index contributed by atoms with van der Waals surface area (Å²) in [5, 5.41) is 4.49. The molecular weight excluding hydrogens is 310 g/mol. The van der Waals surface area contributed by atoms with E-state index in [1.807, 2.05) is 35.9 Å². The van der Waals surface area contributed by atoms with Gasteiger partial charge in [-0.25, -0.2) is 4.98 Å². The summed E-state index contributed by atoms with van der Waals surface area (Å²) in [6.45, 7) is 2.80. The molecule has 0 fully saturated rings. The topological polar surface area (TPSA) is 66.1 Å². The number of hydrogen-bond acceptors (Lipinski definition) is 4. The Morgan fingerprint density at radius 3 is 2.87 bits per heavy atom. The number of carbonyl (C=O) groups excluding carboxylic acids is 1. The fraction of sp³-hybridized carbons (Fsp3) is 0.235. The second-order valence-electron chi connectivity index (χ2n) is 5.25. The van der Waals surface area contributed by atoms with Crippen molar-refractivity contribution in [2.24, 2.45) is 0 Å². The van der Waals surface area contributed by atoms with Crippen molar-refractivity contribution < 1.29 is 4.79 Å². The van der Waals surface area contributed by atoms with E-state index in [4.69, 9.17) is 0 Å². The van der Waals surface area contributed by atoms with E-state index in [2.05, 4.69) is 9.97 Å². The first kappa shape index (κ1) is 15.4. The van der Waals surface area contributed by atoms with Gasteiger partial charge < -0.3 is 9.88 Å². The van der Waals surface area contributed by atoms with Crippen LogP contribution in [0.3, 0.4) is 0 Å². The molecule has 1 N–H and O–H groups in total. The highest BCUT2D eigenvalue weighted by molar-refractivity contribution is 7.08. The zero-order chi connectivity index (χ0) is 16.2. The Bertz CT molecular complexity index is 871. The van der Waals surface area contributed by atoms with Gasteiger partial charge in [-0.3, -0.25) is 9.59 Å². The van der Waals surface area contributed by atoms with Crippen molar-refractivity contribution in [3.8, 4) is 0 Å². The zero-order valence-corrected chi connectivity index (χ0v) is 13.6. The minimum atomic E-state index is -0.174. The number of H-pyrrole nitrogens is 1. The number of para-hydroxylation sites is 1. The molecule has 0 saturated carbocycles. The van der Waals surface area contributed by atoms with Gasteiger partial charge in [0.2, 0.25) is 5.91 Å². The normalized spacial score (nSPS) is 10.8. The predicted octanol–water partition coefficient (Wildman–Crippen LogP) is 2.58. The number of nitrogens with zero attached hydrogens (tertiary/aromatic N) is 2. The zero-order valence-electron chi connectivity index (χ0n) is 12.8. The largest absolute Gasteiger partial charge is 0.335 e. The molecule has 0 bridgehead atoms. The summed E-state index contributed by atoms with van der Waals surface area (Å²) in [6.07, 6.45) is 0.370. The molecule has 0 atom stereocenters. The first-order valence-electron chi connectivity index (χ1n) is 7.44. The highest BCUT2D eigenvalue weighted by atomic mass is 32.1. The maximum atomic E-state index is 12.4. The Balaban J connectivity index is 1.81. The Morgan fingerprint density at radius 1 is 1.30 bits per heavy atom. The van der Waals surface area contributed by atoms with Crippen molar-refractivity contribution in [2.45, 2.75) is 19.9 Å². The fourth-order valence-corrected chi connectivity index (χ4v) is 3.12. The summed E-state index contributed by atoms with van der Waals surface area (Å²) >= 11 is 1.58. The Kier molecular flexibility index (Phi) is 4.52. The lowest BCUT2D eigenvalue weighted by molar-refractivity contribution is -0.131. The number of benzene rings is 1. The Labute approximate surface area is 137 Å². The fourth-order valence-electron chi connectivity index (χ4n) is 2.45. The molecule has 0 radical (unpaired) electrons. The van der Waals surface area contributed by atoms with E-state index in [-0.39, 0.29) is 11.5 Å². The summed E-state index contributed by atoms with van der Waals surface area (Å²) in [4.78, 5) is 33.4. The van der Waals surface area contributed by atoms with Crippen molar-refractivity contribution in [2.75, 3.05) is 6.54 Å². The van der Waals surface area contributed by atoms with E-state index < -0.39 is 0 Å². The highest BCUT2D eigenvalue weighted by Crippen LogP contribution is 2.11. The molecule has 2 aromatic heterocycles. The number of rotatable bonds is 5. The summed E-state index contributed by atoms with van der Waals surface area (Å²) < 4.78 is 0. The maximum absolute atomic E-state index is 12.4. The van der Waals surface area contributed by atoms with Crippen molar-refractivity contribution in [1.82, 2.24) is 14.9 Å². The van der Waals surface area contributed by atoms with Crippen molar-refractivity contribution in [3.63, 3.8) is 0 Å². The van der Waals surface area contributed by atoms with E-state index in [1.165, 1.54) is 0 Å². The SMILES string of the molecule is CCN(Cc1nc2ccccc2c(=O)[nH]1)C(=O)Cc1ccsc1. The molecule has 1 aromatic carbocycles. The standard InChI is InChI=1S/C17H17N3O2S/c1-2-20(16(21)9-12-7-8-23-11-12)10-15-18-14-6-4-3-5-13(14)17(22)19-15/h3-8,11H,2,9-10H2,1H3,(H,18,19,22). The van der Waals surface area contributed by atoms with Gasteiger partial charge in [-0.2, -0.15) is 11.3 Å². The van der Waals surface area contributed by atoms with Crippen LogP contribution >= 0.6 is 11.3 Å². The van der Waals surface area contributed by atoms with Crippen LogP contribution in [0.25, 0.3) is 10.9 Å². The van der Waals surface area contributed by atoms with Gasteiger partial charge in [0.1, 0.15) is 5.82 Å². The summed E-state index contributed by atoms with van der Waals surface area (Å²) in [5.41, 5.74) is 1.48. The van der Waals surface area contributed by atoms with Gasteiger partial charge in [0, 0.05) is 6.54 Å². The molecule has 0 saturated heterocycles. The molecule has 1 amide bonds. The first-order chi connectivity index (χ1) is 11.2. The van der Waals surface area contributed by atoms with Gasteiger partial charge in [-0.15, -0.1) is 0 Å². The van der Waals surface area contributed by atoms with E-state index in [9.17, 15) is 9.59 Å². The molecule has 118 valence electrons. The number of fused-ring (bicyclic) bond motifs is 1. The van der Waals surface area contributed by atoms with E-state index >= 15 is 0 Å². The van der Waals surface area contributed by atoms with E-state index in [1.54, 1.807) is 28.4 Å². The van der Waals surface area contributed by atoms with Gasteiger partial charge in [0.05, 0.1) is 23.9 Å². The van der Waals surface area contributed by atoms with Gasteiger partial charge in [-0.05, 0) is 41.4 Å². The van der Waals surface area contributed by atoms with Crippen molar-refractivity contribution >= 4 is 28.1 Å². The lowest BCUT2D eigenvalue weighted by Gasteiger charge is -2.20. The van der Waals surface area contributed by atoms with Gasteiger partial charge in [0.15, 0.2) is 0 Å². The molecule has 0 aliphatic carbocycles. The molecule has 3 rings (SSSR count). The number of aromatic nitrogens is 2. The van der Waals surface area contributed by atoms with Crippen LogP contribution in [-0.2, 0) is 17.8 Å². The van der Waals surface area contributed by atoms with Crippen LogP contribution < -0.4 is 5.56 Å². The number of likely N-dealkylation sites (N-methyl/N-ethyl adjacent to an activating group) is 1.